The minimum absolute atomic E-state index is 0.00383. The van der Waals surface area contributed by atoms with Gasteiger partial charge in [-0.25, -0.2) is 0 Å². The summed E-state index contributed by atoms with van der Waals surface area (Å²) in [5.74, 6) is 1.52. The third-order valence-corrected chi connectivity index (χ3v) is 4.83. The molecule has 7 nitrogen and oxygen atoms in total. The molecule has 1 aliphatic rings. The predicted molar refractivity (Wildman–Crippen MR) is 95.9 cm³/mol. The van der Waals surface area contributed by atoms with E-state index in [1.807, 2.05) is 29.6 Å². The topological polar surface area (TPSA) is 77.7 Å². The second kappa shape index (κ2) is 7.67. The molecule has 0 atom stereocenters. The van der Waals surface area contributed by atoms with Crippen molar-refractivity contribution in [2.45, 2.75) is 0 Å². The van der Waals surface area contributed by atoms with E-state index in [0.717, 1.165) is 10.4 Å². The normalized spacial score (nSPS) is 14.4. The van der Waals surface area contributed by atoms with E-state index >= 15 is 0 Å². The van der Waals surface area contributed by atoms with E-state index in [0.29, 0.717) is 43.8 Å². The molecule has 0 saturated carbocycles. The zero-order chi connectivity index (χ0) is 17.8. The van der Waals surface area contributed by atoms with E-state index in [9.17, 15) is 4.79 Å². The lowest BCUT2D eigenvalue weighted by atomic mass is 10.2. The van der Waals surface area contributed by atoms with Crippen LogP contribution < -0.4 is 4.74 Å². The lowest BCUT2D eigenvalue weighted by molar-refractivity contribution is -0.137. The Morgan fingerprint density at radius 3 is 2.92 bits per heavy atom. The Morgan fingerprint density at radius 1 is 1.23 bits per heavy atom. The van der Waals surface area contributed by atoms with Gasteiger partial charge in [-0.15, -0.1) is 11.3 Å². The predicted octanol–water partition coefficient (Wildman–Crippen LogP) is 2.70. The van der Waals surface area contributed by atoms with Gasteiger partial charge >= 0.3 is 0 Å². The van der Waals surface area contributed by atoms with Crippen LogP contribution in [0.1, 0.15) is 0 Å². The zero-order valence-corrected chi connectivity index (χ0v) is 14.8. The number of hydrogen-bond acceptors (Lipinski definition) is 7. The second-order valence-electron chi connectivity index (χ2n) is 5.71. The van der Waals surface area contributed by atoms with Crippen LogP contribution in [-0.2, 0) is 9.53 Å². The van der Waals surface area contributed by atoms with Gasteiger partial charge in [0.15, 0.2) is 6.61 Å². The van der Waals surface area contributed by atoms with Gasteiger partial charge in [0.05, 0.1) is 18.1 Å². The van der Waals surface area contributed by atoms with Crippen molar-refractivity contribution < 1.29 is 18.8 Å². The first-order valence-electron chi connectivity index (χ1n) is 8.26. The van der Waals surface area contributed by atoms with Crippen LogP contribution in [0, 0.1) is 0 Å². The van der Waals surface area contributed by atoms with Crippen LogP contribution in [0.25, 0.3) is 22.2 Å². The second-order valence-corrected chi connectivity index (χ2v) is 6.66. The Balaban J connectivity index is 1.42. The van der Waals surface area contributed by atoms with Crippen LogP contribution in [0.3, 0.4) is 0 Å². The van der Waals surface area contributed by atoms with Gasteiger partial charge in [-0.05, 0) is 23.6 Å². The smallest absolute Gasteiger partial charge is 0.268 e. The first-order valence-corrected chi connectivity index (χ1v) is 9.14. The number of rotatable bonds is 5. The summed E-state index contributed by atoms with van der Waals surface area (Å²) in [5, 5.41) is 5.99. The first kappa shape index (κ1) is 16.7. The van der Waals surface area contributed by atoms with Crippen molar-refractivity contribution in [2.24, 2.45) is 0 Å². The van der Waals surface area contributed by atoms with Crippen LogP contribution >= 0.6 is 11.3 Å². The number of ether oxygens (including phenoxy) is 2. The molecule has 1 aromatic carbocycles. The minimum Gasteiger partial charge on any atom is -0.484 e. The monoisotopic (exact) mass is 371 g/mol. The summed E-state index contributed by atoms with van der Waals surface area (Å²) < 4.78 is 16.2. The SMILES string of the molecule is O=C(COc1cccc(-c2noc(-c3cccs3)n2)c1)N1CCOCC1. The van der Waals surface area contributed by atoms with Gasteiger partial charge < -0.3 is 18.9 Å². The number of nitrogens with zero attached hydrogens (tertiary/aromatic N) is 3. The Kier molecular flexibility index (Phi) is 4.94. The number of amides is 1. The molecule has 4 rings (SSSR count). The van der Waals surface area contributed by atoms with Crippen molar-refractivity contribution in [3.05, 3.63) is 41.8 Å². The maximum absolute atomic E-state index is 12.2. The molecule has 0 unspecified atom stereocenters. The summed E-state index contributed by atoms with van der Waals surface area (Å²) in [7, 11) is 0. The van der Waals surface area contributed by atoms with Crippen molar-refractivity contribution >= 4 is 17.2 Å². The van der Waals surface area contributed by atoms with E-state index in [2.05, 4.69) is 10.1 Å². The summed E-state index contributed by atoms with van der Waals surface area (Å²) in [6.45, 7) is 2.36. The quantitative estimate of drug-likeness (QED) is 0.686. The van der Waals surface area contributed by atoms with Crippen molar-refractivity contribution in [3.8, 4) is 27.9 Å². The van der Waals surface area contributed by atoms with E-state index in [-0.39, 0.29) is 12.5 Å². The van der Waals surface area contributed by atoms with E-state index < -0.39 is 0 Å². The zero-order valence-electron chi connectivity index (χ0n) is 14.0. The first-order chi connectivity index (χ1) is 12.8. The molecule has 0 spiro atoms. The minimum atomic E-state index is -0.0433. The molecule has 26 heavy (non-hydrogen) atoms. The molecule has 0 radical (unpaired) electrons. The molecule has 0 N–H and O–H groups in total. The summed E-state index contributed by atoms with van der Waals surface area (Å²) >= 11 is 1.54. The van der Waals surface area contributed by atoms with Crippen molar-refractivity contribution in [2.75, 3.05) is 32.9 Å². The highest BCUT2D eigenvalue weighted by Crippen LogP contribution is 2.27. The number of carbonyl (C=O) groups excluding carboxylic acids is 1. The summed E-state index contributed by atoms with van der Waals surface area (Å²) in [4.78, 5) is 19.3. The lowest BCUT2D eigenvalue weighted by Gasteiger charge is -2.26. The highest BCUT2D eigenvalue weighted by molar-refractivity contribution is 7.13. The number of morpholine rings is 1. The summed E-state index contributed by atoms with van der Waals surface area (Å²) in [6, 6.07) is 11.2. The Morgan fingerprint density at radius 2 is 2.12 bits per heavy atom. The van der Waals surface area contributed by atoms with Gasteiger partial charge in [-0.3, -0.25) is 4.79 Å². The molecule has 134 valence electrons. The largest absolute Gasteiger partial charge is 0.484 e. The average molecular weight is 371 g/mol. The Hall–Kier alpha value is -2.71. The standard InChI is InChI=1S/C18H17N3O4S/c22-16(21-6-8-23-9-7-21)12-24-14-4-1-3-13(11-14)17-19-18(25-20-17)15-5-2-10-26-15/h1-5,10-11H,6-9,12H2. The van der Waals surface area contributed by atoms with Crippen molar-refractivity contribution in [3.63, 3.8) is 0 Å². The molecule has 0 aliphatic carbocycles. The average Bonchev–Trinajstić information content (AvgIpc) is 3.38. The van der Waals surface area contributed by atoms with Gasteiger partial charge in [0.1, 0.15) is 5.75 Å². The Labute approximate surface area is 154 Å². The van der Waals surface area contributed by atoms with Crippen LogP contribution in [0.4, 0.5) is 0 Å². The molecule has 2 aromatic heterocycles. The molecule has 3 aromatic rings. The van der Waals surface area contributed by atoms with Crippen molar-refractivity contribution in [1.29, 1.82) is 0 Å². The maximum Gasteiger partial charge on any atom is 0.268 e. The van der Waals surface area contributed by atoms with Crippen LogP contribution in [0.2, 0.25) is 0 Å². The van der Waals surface area contributed by atoms with E-state index in [1.165, 1.54) is 0 Å². The fourth-order valence-electron chi connectivity index (χ4n) is 2.62. The fraction of sp³-hybridized carbons (Fsp3) is 0.278. The fourth-order valence-corrected chi connectivity index (χ4v) is 3.26. The van der Waals surface area contributed by atoms with Gasteiger partial charge in [-0.2, -0.15) is 4.98 Å². The molecule has 3 heterocycles. The number of hydrogen-bond donors (Lipinski definition) is 0. The molecular weight excluding hydrogens is 354 g/mol. The number of thiophene rings is 1. The Bertz CT molecular complexity index is 872. The van der Waals surface area contributed by atoms with E-state index in [1.54, 1.807) is 28.4 Å². The number of carbonyl (C=O) groups is 1. The molecule has 1 aliphatic heterocycles. The number of aromatic nitrogens is 2. The van der Waals surface area contributed by atoms with Crippen LogP contribution in [-0.4, -0.2) is 53.9 Å². The molecule has 0 bridgehead atoms. The maximum atomic E-state index is 12.2. The van der Waals surface area contributed by atoms with Crippen molar-refractivity contribution in [1.82, 2.24) is 15.0 Å². The number of benzene rings is 1. The van der Waals surface area contributed by atoms with Gasteiger partial charge in [0, 0.05) is 18.7 Å². The third kappa shape index (κ3) is 3.76. The molecule has 1 amide bonds. The summed E-state index contributed by atoms with van der Waals surface area (Å²) in [6.07, 6.45) is 0. The van der Waals surface area contributed by atoms with E-state index in [4.69, 9.17) is 14.0 Å². The molecular formula is C18H17N3O4S. The van der Waals surface area contributed by atoms with Gasteiger partial charge in [0.25, 0.3) is 11.8 Å². The van der Waals surface area contributed by atoms with Gasteiger partial charge in [-0.1, -0.05) is 23.4 Å². The molecule has 8 heteroatoms. The lowest BCUT2D eigenvalue weighted by Crippen LogP contribution is -2.42. The van der Waals surface area contributed by atoms with Gasteiger partial charge in [0.2, 0.25) is 5.82 Å². The summed E-state index contributed by atoms with van der Waals surface area (Å²) in [5.41, 5.74) is 0.771. The molecule has 1 saturated heterocycles. The highest BCUT2D eigenvalue weighted by atomic mass is 32.1. The highest BCUT2D eigenvalue weighted by Gasteiger charge is 2.17. The van der Waals surface area contributed by atoms with Crippen LogP contribution in [0.15, 0.2) is 46.3 Å². The van der Waals surface area contributed by atoms with Crippen LogP contribution in [0.5, 0.6) is 5.75 Å². The molecule has 1 fully saturated rings. The third-order valence-electron chi connectivity index (χ3n) is 3.98.